The number of aromatic nitrogens is 3. The third-order valence-electron chi connectivity index (χ3n) is 3.33. The van der Waals surface area contributed by atoms with Crippen molar-refractivity contribution in [2.45, 2.75) is 31.5 Å². The molecule has 1 amide bonds. The highest BCUT2D eigenvalue weighted by atomic mass is 32.2. The lowest BCUT2D eigenvalue weighted by Gasteiger charge is -2.08. The molecule has 0 saturated heterocycles. The van der Waals surface area contributed by atoms with E-state index in [9.17, 15) is 9.18 Å². The number of nitrogens with one attached hydrogen (secondary N) is 1. The Bertz CT molecular complexity index is 702. The number of nitrogens with zero attached hydrogens (tertiary/aromatic N) is 3. The van der Waals surface area contributed by atoms with Crippen LogP contribution in [0.25, 0.3) is 11.4 Å². The van der Waals surface area contributed by atoms with Crippen LogP contribution in [0.5, 0.6) is 0 Å². The summed E-state index contributed by atoms with van der Waals surface area (Å²) in [5.41, 5.74) is 0.381. The Labute approximate surface area is 145 Å². The van der Waals surface area contributed by atoms with E-state index in [4.69, 9.17) is 0 Å². The summed E-state index contributed by atoms with van der Waals surface area (Å²) in [6, 6.07) is 6.42. The van der Waals surface area contributed by atoms with Crippen LogP contribution >= 0.6 is 11.8 Å². The third kappa shape index (κ3) is 4.67. The molecule has 0 unspecified atom stereocenters. The van der Waals surface area contributed by atoms with Gasteiger partial charge in [-0.15, -0.1) is 16.8 Å². The van der Waals surface area contributed by atoms with Gasteiger partial charge in [0.15, 0.2) is 11.0 Å². The molecule has 0 fully saturated rings. The second-order valence-electron chi connectivity index (χ2n) is 5.18. The van der Waals surface area contributed by atoms with E-state index in [0.29, 0.717) is 29.6 Å². The quantitative estimate of drug-likeness (QED) is 0.429. The summed E-state index contributed by atoms with van der Waals surface area (Å²) in [6.45, 7) is 6.91. The Morgan fingerprint density at radius 2 is 2.21 bits per heavy atom. The van der Waals surface area contributed by atoms with Gasteiger partial charge in [0.2, 0.25) is 5.91 Å². The van der Waals surface area contributed by atoms with E-state index >= 15 is 0 Å². The summed E-state index contributed by atoms with van der Waals surface area (Å²) in [5, 5.41) is 11.6. The first kappa shape index (κ1) is 18.2. The number of halogens is 1. The molecule has 1 aromatic carbocycles. The normalized spacial score (nSPS) is 10.6. The Kier molecular flexibility index (Phi) is 6.99. The summed E-state index contributed by atoms with van der Waals surface area (Å²) in [4.78, 5) is 11.8. The Morgan fingerprint density at radius 1 is 1.42 bits per heavy atom. The molecule has 0 bridgehead atoms. The minimum absolute atomic E-state index is 0.0472. The molecule has 7 heteroatoms. The number of amides is 1. The lowest BCUT2D eigenvalue weighted by molar-refractivity contribution is -0.118. The van der Waals surface area contributed by atoms with E-state index in [-0.39, 0.29) is 17.5 Å². The van der Waals surface area contributed by atoms with Crippen LogP contribution in [0, 0.1) is 5.82 Å². The number of benzene rings is 1. The van der Waals surface area contributed by atoms with Crippen molar-refractivity contribution in [1.82, 2.24) is 20.1 Å². The molecule has 1 aromatic heterocycles. The van der Waals surface area contributed by atoms with Crippen molar-refractivity contribution in [2.24, 2.45) is 0 Å². The molecule has 0 radical (unpaired) electrons. The van der Waals surface area contributed by atoms with E-state index < -0.39 is 0 Å². The maximum Gasteiger partial charge on any atom is 0.230 e. The van der Waals surface area contributed by atoms with Crippen molar-refractivity contribution < 1.29 is 9.18 Å². The first-order valence-electron chi connectivity index (χ1n) is 7.85. The average molecular weight is 348 g/mol. The van der Waals surface area contributed by atoms with Crippen molar-refractivity contribution in [1.29, 1.82) is 0 Å². The van der Waals surface area contributed by atoms with Crippen molar-refractivity contribution >= 4 is 17.7 Å². The largest absolute Gasteiger partial charge is 0.355 e. The van der Waals surface area contributed by atoms with Crippen LogP contribution < -0.4 is 5.32 Å². The zero-order valence-corrected chi connectivity index (χ0v) is 14.5. The lowest BCUT2D eigenvalue weighted by atomic mass is 10.2. The SMILES string of the molecule is C=CCn1c(SCC(=O)NCCCC)nnc1-c1ccccc1F. The van der Waals surface area contributed by atoms with Gasteiger partial charge in [-0.05, 0) is 18.6 Å². The van der Waals surface area contributed by atoms with Crippen LogP contribution in [0.3, 0.4) is 0 Å². The molecule has 24 heavy (non-hydrogen) atoms. The number of allylic oxidation sites excluding steroid dienone is 1. The average Bonchev–Trinajstić information content (AvgIpc) is 2.97. The smallest absolute Gasteiger partial charge is 0.230 e. The maximum atomic E-state index is 14.0. The van der Waals surface area contributed by atoms with E-state index in [1.807, 2.05) is 0 Å². The predicted molar refractivity (Wildman–Crippen MR) is 94.3 cm³/mol. The van der Waals surface area contributed by atoms with E-state index in [2.05, 4.69) is 29.0 Å². The Balaban J connectivity index is 2.12. The second kappa shape index (κ2) is 9.22. The highest BCUT2D eigenvalue weighted by Crippen LogP contribution is 2.25. The van der Waals surface area contributed by atoms with Gasteiger partial charge in [-0.2, -0.15) is 0 Å². The monoisotopic (exact) mass is 348 g/mol. The summed E-state index contributed by atoms with van der Waals surface area (Å²) in [5.74, 6) is 0.274. The van der Waals surface area contributed by atoms with Crippen molar-refractivity contribution in [3.05, 3.63) is 42.7 Å². The molecule has 2 aromatic rings. The molecule has 1 heterocycles. The summed E-state index contributed by atoms with van der Waals surface area (Å²) < 4.78 is 15.8. The van der Waals surface area contributed by atoms with Crippen LogP contribution in [0.4, 0.5) is 4.39 Å². The zero-order valence-electron chi connectivity index (χ0n) is 13.7. The van der Waals surface area contributed by atoms with Gasteiger partial charge in [0.1, 0.15) is 5.82 Å². The highest BCUT2D eigenvalue weighted by Gasteiger charge is 2.17. The minimum Gasteiger partial charge on any atom is -0.355 e. The predicted octanol–water partition coefficient (Wildman–Crippen LogP) is 3.28. The van der Waals surface area contributed by atoms with Gasteiger partial charge in [-0.1, -0.05) is 43.3 Å². The van der Waals surface area contributed by atoms with Gasteiger partial charge in [-0.25, -0.2) is 4.39 Å². The fourth-order valence-corrected chi connectivity index (χ4v) is 2.89. The number of unbranched alkanes of at least 4 members (excludes halogenated alkanes) is 1. The standard InChI is InChI=1S/C17H21FN4OS/c1-3-5-10-19-15(23)12-24-17-21-20-16(22(17)11-4-2)13-8-6-7-9-14(13)18/h4,6-9H,2-3,5,10-12H2,1H3,(H,19,23). The molecule has 0 aliphatic heterocycles. The topological polar surface area (TPSA) is 59.8 Å². The number of thioether (sulfide) groups is 1. The first-order chi connectivity index (χ1) is 11.7. The summed E-state index contributed by atoms with van der Waals surface area (Å²) in [6.07, 6.45) is 3.69. The van der Waals surface area contributed by atoms with Crippen LogP contribution in [0.2, 0.25) is 0 Å². The molecule has 1 N–H and O–H groups in total. The number of hydrogen-bond acceptors (Lipinski definition) is 4. The van der Waals surface area contributed by atoms with Gasteiger partial charge in [-0.3, -0.25) is 9.36 Å². The Hall–Kier alpha value is -2.15. The van der Waals surface area contributed by atoms with E-state index in [0.717, 1.165) is 12.8 Å². The summed E-state index contributed by atoms with van der Waals surface area (Å²) >= 11 is 1.28. The fourth-order valence-electron chi connectivity index (χ4n) is 2.12. The summed E-state index contributed by atoms with van der Waals surface area (Å²) in [7, 11) is 0. The van der Waals surface area contributed by atoms with E-state index in [1.165, 1.54) is 17.8 Å². The van der Waals surface area contributed by atoms with Crippen molar-refractivity contribution in [2.75, 3.05) is 12.3 Å². The highest BCUT2D eigenvalue weighted by molar-refractivity contribution is 7.99. The number of rotatable bonds is 9. The van der Waals surface area contributed by atoms with Crippen molar-refractivity contribution in [3.8, 4) is 11.4 Å². The van der Waals surface area contributed by atoms with Crippen LogP contribution in [0.15, 0.2) is 42.1 Å². The molecule has 2 rings (SSSR count). The van der Waals surface area contributed by atoms with Gasteiger partial charge in [0, 0.05) is 13.1 Å². The third-order valence-corrected chi connectivity index (χ3v) is 4.29. The van der Waals surface area contributed by atoms with Crippen molar-refractivity contribution in [3.63, 3.8) is 0 Å². The molecular weight excluding hydrogens is 327 g/mol. The first-order valence-corrected chi connectivity index (χ1v) is 8.84. The molecule has 5 nitrogen and oxygen atoms in total. The van der Waals surface area contributed by atoms with Gasteiger partial charge in [0.25, 0.3) is 0 Å². The number of carbonyl (C=O) groups excluding carboxylic acids is 1. The minimum atomic E-state index is -0.357. The maximum absolute atomic E-state index is 14.0. The van der Waals surface area contributed by atoms with E-state index in [1.54, 1.807) is 28.8 Å². The molecule has 0 aliphatic rings. The van der Waals surface area contributed by atoms with Crippen LogP contribution in [-0.4, -0.2) is 33.0 Å². The Morgan fingerprint density at radius 3 is 2.92 bits per heavy atom. The second-order valence-corrected chi connectivity index (χ2v) is 6.12. The van der Waals surface area contributed by atoms with Gasteiger partial charge < -0.3 is 5.32 Å². The van der Waals surface area contributed by atoms with Gasteiger partial charge >= 0.3 is 0 Å². The van der Waals surface area contributed by atoms with Crippen LogP contribution in [-0.2, 0) is 11.3 Å². The lowest BCUT2D eigenvalue weighted by Crippen LogP contribution is -2.26. The molecule has 0 aliphatic carbocycles. The van der Waals surface area contributed by atoms with Crippen LogP contribution in [0.1, 0.15) is 19.8 Å². The molecule has 128 valence electrons. The molecule has 0 saturated carbocycles. The number of carbonyl (C=O) groups is 1. The number of hydrogen-bond donors (Lipinski definition) is 1. The zero-order chi connectivity index (χ0) is 17.4. The van der Waals surface area contributed by atoms with Gasteiger partial charge in [0.05, 0.1) is 11.3 Å². The molecule has 0 atom stereocenters. The molecular formula is C17H21FN4OS. The molecule has 0 spiro atoms. The fraction of sp³-hybridized carbons (Fsp3) is 0.353.